The van der Waals surface area contributed by atoms with Crippen LogP contribution in [-0.2, 0) is 31.3 Å². The first-order valence-corrected chi connectivity index (χ1v) is 15.6. The molecule has 1 amide bonds. The molecule has 10 heteroatoms. The maximum Gasteiger partial charge on any atom is 0.264 e. The maximum atomic E-state index is 13.6. The molecule has 0 aliphatic carbocycles. The Bertz CT molecular complexity index is 1700. The minimum absolute atomic E-state index is 0.0216. The van der Waals surface area contributed by atoms with Gasteiger partial charge in [0.05, 0.1) is 21.2 Å². The molecule has 0 saturated heterocycles. The zero-order chi connectivity index (χ0) is 28.9. The van der Waals surface area contributed by atoms with Crippen LogP contribution in [0.2, 0.25) is 0 Å². The molecule has 0 saturated carbocycles. The van der Waals surface area contributed by atoms with Gasteiger partial charge in [0, 0.05) is 5.69 Å². The summed E-state index contributed by atoms with van der Waals surface area (Å²) in [6, 6.07) is 26.2. The minimum Gasteiger partial charge on any atom is -0.325 e. The number of hydrogen-bond acceptors (Lipinski definition) is 5. The van der Waals surface area contributed by atoms with Crippen molar-refractivity contribution in [3.05, 3.63) is 114 Å². The third-order valence-corrected chi connectivity index (χ3v) is 9.54. The Balaban J connectivity index is 1.54. The van der Waals surface area contributed by atoms with Crippen LogP contribution < -0.4 is 14.3 Å². The van der Waals surface area contributed by atoms with E-state index in [9.17, 15) is 21.6 Å². The minimum atomic E-state index is -4.05. The lowest BCUT2D eigenvalue weighted by molar-refractivity contribution is -0.114. The number of nitrogens with one attached hydrogen (secondary N) is 2. The molecule has 0 aliphatic heterocycles. The van der Waals surface area contributed by atoms with E-state index >= 15 is 0 Å². The lowest BCUT2D eigenvalue weighted by atomic mass is 10.1. The average Bonchev–Trinajstić information content (AvgIpc) is 2.93. The molecule has 4 aromatic carbocycles. The van der Waals surface area contributed by atoms with Crippen LogP contribution in [0.4, 0.5) is 17.1 Å². The maximum absolute atomic E-state index is 13.6. The third kappa shape index (κ3) is 6.70. The highest BCUT2D eigenvalue weighted by atomic mass is 32.2. The van der Waals surface area contributed by atoms with Crippen molar-refractivity contribution >= 4 is 43.0 Å². The standard InChI is InChI=1S/C30H31N3O5S2/c1-4-24-11-15-26(16-12-24)33(40(37,38)28-17-9-22(2)10-18-28)21-30(34)31-25-13-19-27(20-14-25)39(35,36)32-29-8-6-5-7-23(29)3/h5-20,32H,4,21H2,1-3H3,(H,31,34). The van der Waals surface area contributed by atoms with Crippen LogP contribution in [0.5, 0.6) is 0 Å². The third-order valence-electron chi connectivity index (χ3n) is 6.37. The summed E-state index contributed by atoms with van der Waals surface area (Å²) in [6.07, 6.45) is 0.789. The van der Waals surface area contributed by atoms with Gasteiger partial charge in [0.15, 0.2) is 0 Å². The van der Waals surface area contributed by atoms with Crippen molar-refractivity contribution in [2.24, 2.45) is 0 Å². The van der Waals surface area contributed by atoms with Crippen LogP contribution in [0.1, 0.15) is 23.6 Å². The number of amides is 1. The van der Waals surface area contributed by atoms with Gasteiger partial charge in [-0.3, -0.25) is 13.8 Å². The molecule has 8 nitrogen and oxygen atoms in total. The van der Waals surface area contributed by atoms with Crippen LogP contribution in [0.15, 0.2) is 107 Å². The Hall–Kier alpha value is -4.15. The van der Waals surface area contributed by atoms with Crippen molar-refractivity contribution in [2.75, 3.05) is 20.9 Å². The van der Waals surface area contributed by atoms with Crippen LogP contribution in [0, 0.1) is 13.8 Å². The molecule has 0 spiro atoms. The summed E-state index contributed by atoms with van der Waals surface area (Å²) in [5.74, 6) is -0.580. The second kappa shape index (κ2) is 11.9. The Morgan fingerprint density at radius 2 is 1.35 bits per heavy atom. The first kappa shape index (κ1) is 28.8. The fourth-order valence-electron chi connectivity index (χ4n) is 3.99. The molecule has 208 valence electrons. The summed E-state index contributed by atoms with van der Waals surface area (Å²) in [7, 11) is -7.90. The summed E-state index contributed by atoms with van der Waals surface area (Å²) < 4.78 is 56.5. The van der Waals surface area contributed by atoms with Crippen LogP contribution in [-0.4, -0.2) is 29.3 Å². The smallest absolute Gasteiger partial charge is 0.264 e. The van der Waals surface area contributed by atoms with E-state index in [-0.39, 0.29) is 9.79 Å². The fraction of sp³-hybridized carbons (Fsp3) is 0.167. The number of hydrogen-bond donors (Lipinski definition) is 2. The number of anilines is 3. The van der Waals surface area contributed by atoms with Gasteiger partial charge in [0.1, 0.15) is 6.54 Å². The number of carbonyl (C=O) groups is 1. The SMILES string of the molecule is CCc1ccc(N(CC(=O)Nc2ccc(S(=O)(=O)Nc3ccccc3C)cc2)S(=O)(=O)c2ccc(C)cc2)cc1. The van der Waals surface area contributed by atoms with Gasteiger partial charge in [0.25, 0.3) is 20.0 Å². The molecule has 4 rings (SSSR count). The summed E-state index contributed by atoms with van der Waals surface area (Å²) >= 11 is 0. The molecule has 0 heterocycles. The summed E-state index contributed by atoms with van der Waals surface area (Å²) in [6.45, 7) is 5.19. The molecule has 0 unspecified atom stereocenters. The van der Waals surface area contributed by atoms with Crippen LogP contribution in [0.3, 0.4) is 0 Å². The summed E-state index contributed by atoms with van der Waals surface area (Å²) in [5.41, 5.74) is 3.89. The highest BCUT2D eigenvalue weighted by molar-refractivity contribution is 7.93. The lowest BCUT2D eigenvalue weighted by Crippen LogP contribution is -2.38. The van der Waals surface area contributed by atoms with E-state index in [1.54, 1.807) is 49.4 Å². The highest BCUT2D eigenvalue weighted by Crippen LogP contribution is 2.25. The van der Waals surface area contributed by atoms with Gasteiger partial charge in [-0.1, -0.05) is 55.0 Å². The van der Waals surface area contributed by atoms with E-state index in [4.69, 9.17) is 0 Å². The number of carbonyl (C=O) groups excluding carboxylic acids is 1. The lowest BCUT2D eigenvalue weighted by Gasteiger charge is -2.24. The Morgan fingerprint density at radius 3 is 1.95 bits per heavy atom. The van der Waals surface area contributed by atoms with Crippen molar-refractivity contribution in [3.63, 3.8) is 0 Å². The van der Waals surface area contributed by atoms with Gasteiger partial charge in [-0.05, 0) is 86.0 Å². The van der Waals surface area contributed by atoms with Gasteiger partial charge in [-0.25, -0.2) is 16.8 Å². The van der Waals surface area contributed by atoms with E-state index in [0.717, 1.165) is 27.4 Å². The second-order valence-electron chi connectivity index (χ2n) is 9.34. The van der Waals surface area contributed by atoms with Gasteiger partial charge >= 0.3 is 0 Å². The van der Waals surface area contributed by atoms with E-state index in [1.807, 2.05) is 32.0 Å². The predicted octanol–water partition coefficient (Wildman–Crippen LogP) is 5.50. The van der Waals surface area contributed by atoms with Gasteiger partial charge in [0.2, 0.25) is 5.91 Å². The quantitative estimate of drug-likeness (QED) is 0.258. The summed E-state index contributed by atoms with van der Waals surface area (Å²) in [4.78, 5) is 13.2. The van der Waals surface area contributed by atoms with Gasteiger partial charge < -0.3 is 5.32 Å². The van der Waals surface area contributed by atoms with E-state index in [0.29, 0.717) is 17.1 Å². The van der Waals surface area contributed by atoms with E-state index in [2.05, 4.69) is 10.0 Å². The molecular formula is C30H31N3O5S2. The van der Waals surface area contributed by atoms with Crippen molar-refractivity contribution in [3.8, 4) is 0 Å². The summed E-state index contributed by atoms with van der Waals surface area (Å²) in [5, 5.41) is 2.67. The topological polar surface area (TPSA) is 113 Å². The molecule has 40 heavy (non-hydrogen) atoms. The zero-order valence-electron chi connectivity index (χ0n) is 22.5. The Kier molecular flexibility index (Phi) is 8.61. The Labute approximate surface area is 235 Å². The van der Waals surface area contributed by atoms with Crippen molar-refractivity contribution in [1.82, 2.24) is 0 Å². The first-order valence-electron chi connectivity index (χ1n) is 12.7. The van der Waals surface area contributed by atoms with E-state index < -0.39 is 32.5 Å². The monoisotopic (exact) mass is 577 g/mol. The fourth-order valence-corrected chi connectivity index (χ4v) is 6.54. The highest BCUT2D eigenvalue weighted by Gasteiger charge is 2.27. The molecular weight excluding hydrogens is 546 g/mol. The number of benzene rings is 4. The van der Waals surface area contributed by atoms with Crippen LogP contribution >= 0.6 is 0 Å². The molecule has 2 N–H and O–H groups in total. The van der Waals surface area contributed by atoms with Crippen molar-refractivity contribution in [2.45, 2.75) is 37.0 Å². The van der Waals surface area contributed by atoms with E-state index in [1.165, 1.54) is 36.4 Å². The number of rotatable bonds is 10. The van der Waals surface area contributed by atoms with Gasteiger partial charge in [-0.2, -0.15) is 0 Å². The molecule has 0 bridgehead atoms. The molecule has 0 fully saturated rings. The molecule has 4 aromatic rings. The molecule has 0 aliphatic rings. The predicted molar refractivity (Wildman–Crippen MR) is 159 cm³/mol. The zero-order valence-corrected chi connectivity index (χ0v) is 24.1. The van der Waals surface area contributed by atoms with Gasteiger partial charge in [-0.15, -0.1) is 0 Å². The largest absolute Gasteiger partial charge is 0.325 e. The van der Waals surface area contributed by atoms with Crippen LogP contribution in [0.25, 0.3) is 0 Å². The average molecular weight is 578 g/mol. The second-order valence-corrected chi connectivity index (χ2v) is 12.9. The number of para-hydroxylation sites is 1. The number of nitrogens with zero attached hydrogens (tertiary/aromatic N) is 1. The first-order chi connectivity index (χ1) is 19.0. The van der Waals surface area contributed by atoms with Crippen molar-refractivity contribution < 1.29 is 21.6 Å². The molecule has 0 radical (unpaired) electrons. The number of aryl methyl sites for hydroxylation is 3. The normalized spacial score (nSPS) is 11.6. The molecule has 0 aromatic heterocycles. The Morgan fingerprint density at radius 1 is 0.750 bits per heavy atom. The molecule has 0 atom stereocenters. The van der Waals surface area contributed by atoms with Crippen molar-refractivity contribution in [1.29, 1.82) is 0 Å². The number of sulfonamides is 2.